The Morgan fingerprint density at radius 1 is 1.22 bits per heavy atom. The summed E-state index contributed by atoms with van der Waals surface area (Å²) in [6.07, 6.45) is 3.92. The van der Waals surface area contributed by atoms with E-state index in [1.54, 1.807) is 6.92 Å². The fourth-order valence-electron chi connectivity index (χ4n) is 5.14. The van der Waals surface area contributed by atoms with E-state index >= 15 is 4.39 Å². The van der Waals surface area contributed by atoms with E-state index in [1.165, 1.54) is 19.2 Å². The van der Waals surface area contributed by atoms with Crippen LogP contribution in [0.4, 0.5) is 19.0 Å². The number of phenolic OH excluding ortho intramolecular Hbond substituents is 1. The number of hydrogen-bond donors (Lipinski definition) is 1. The Labute approximate surface area is 211 Å². The second kappa shape index (κ2) is 9.95. The molecule has 0 aliphatic carbocycles. The molecule has 1 fully saturated rings. The number of phenols is 1. The number of allylic oxidation sites excluding steroid dienone is 1. The van der Waals surface area contributed by atoms with Crippen molar-refractivity contribution >= 4 is 22.5 Å². The molecule has 0 radical (unpaired) electrons. The molecule has 37 heavy (non-hydrogen) atoms. The monoisotopic (exact) mass is 516 g/mol. The maximum Gasteiger partial charge on any atom is 0.318 e. The number of pyridine rings is 1. The topological polar surface area (TPSA) is 89.8 Å². The highest BCUT2D eigenvalue weighted by Crippen LogP contribution is 2.44. The summed E-state index contributed by atoms with van der Waals surface area (Å²) >= 11 is 0. The molecule has 0 saturated carbocycles. The van der Waals surface area contributed by atoms with Gasteiger partial charge in [-0.25, -0.2) is 18.2 Å². The first-order chi connectivity index (χ1) is 17.8. The molecule has 0 spiro atoms. The van der Waals surface area contributed by atoms with E-state index < -0.39 is 24.3 Å². The highest BCUT2D eigenvalue weighted by atomic mass is 19.1. The minimum absolute atomic E-state index is 0.00454. The van der Waals surface area contributed by atoms with Gasteiger partial charge in [-0.05, 0) is 44.4 Å². The Balaban J connectivity index is 1.82. The fourth-order valence-corrected chi connectivity index (χ4v) is 5.14. The summed E-state index contributed by atoms with van der Waals surface area (Å²) in [7, 11) is 1.40. The number of benzene rings is 1. The Bertz CT molecular complexity index is 1390. The van der Waals surface area contributed by atoms with Gasteiger partial charge in [0.05, 0.1) is 13.2 Å². The average Bonchev–Trinajstić information content (AvgIpc) is 3.19. The molecule has 5 rings (SSSR count). The maximum atomic E-state index is 16.3. The number of fused-ring (bicyclic) bond motifs is 2. The number of aryl methyl sites for hydroxylation is 1. The third-order valence-electron chi connectivity index (χ3n) is 6.77. The third kappa shape index (κ3) is 4.36. The average molecular weight is 517 g/mol. The summed E-state index contributed by atoms with van der Waals surface area (Å²) < 4.78 is 60.3. The van der Waals surface area contributed by atoms with Crippen LogP contribution in [0.15, 0.2) is 18.0 Å². The van der Waals surface area contributed by atoms with Gasteiger partial charge in [0.2, 0.25) is 12.7 Å². The lowest BCUT2D eigenvalue weighted by Gasteiger charge is -2.29. The number of anilines is 1. The minimum Gasteiger partial charge on any atom is -0.508 e. The second-order valence-electron chi connectivity index (χ2n) is 9.15. The van der Waals surface area contributed by atoms with Crippen LogP contribution in [0.2, 0.25) is 0 Å². The quantitative estimate of drug-likeness (QED) is 0.439. The largest absolute Gasteiger partial charge is 0.508 e. The molecule has 196 valence electrons. The first-order valence-corrected chi connectivity index (χ1v) is 12.1. The van der Waals surface area contributed by atoms with Gasteiger partial charge in [-0.15, -0.1) is 0 Å². The molecule has 2 aliphatic rings. The van der Waals surface area contributed by atoms with E-state index in [-0.39, 0.29) is 46.0 Å². The number of halogens is 3. The lowest BCUT2D eigenvalue weighted by atomic mass is 9.95. The molecule has 2 aliphatic heterocycles. The van der Waals surface area contributed by atoms with Crippen molar-refractivity contribution < 1.29 is 32.5 Å². The number of alkyl halides is 1. The van der Waals surface area contributed by atoms with Crippen LogP contribution < -0.4 is 14.4 Å². The molecule has 1 atom stereocenters. The van der Waals surface area contributed by atoms with Crippen LogP contribution in [0, 0.1) is 12.7 Å². The molecule has 3 aromatic rings. The Hall–Kier alpha value is -3.76. The zero-order valence-electron chi connectivity index (χ0n) is 20.8. The maximum absolute atomic E-state index is 16.3. The summed E-state index contributed by atoms with van der Waals surface area (Å²) in [5.41, 5.74) is 0.0271. The lowest BCUT2D eigenvalue weighted by Crippen LogP contribution is -2.38. The van der Waals surface area contributed by atoms with Crippen LogP contribution in [-0.4, -0.2) is 53.2 Å². The van der Waals surface area contributed by atoms with Crippen molar-refractivity contribution in [3.05, 3.63) is 34.9 Å². The second-order valence-corrected chi connectivity index (χ2v) is 9.15. The van der Waals surface area contributed by atoms with Gasteiger partial charge < -0.3 is 24.2 Å². The summed E-state index contributed by atoms with van der Waals surface area (Å²) in [5.74, 6) is -1.71. The zero-order chi connectivity index (χ0) is 26.3. The summed E-state index contributed by atoms with van der Waals surface area (Å²) in [6, 6.07) is 2.55. The standard InChI is InChI=1S/C26H27F3N4O4/c1-13-9-16(34)10-17(18(13)23(14(2)28)37-12-27)21-20(29)22-19-24(32-26(31-22)35-3)33-8-6-4-5-7-15(33)11-36-25(19)30-21/h9-10,15,34H,4-8,11-12H2,1-3H3/b23-14-. The van der Waals surface area contributed by atoms with Gasteiger partial charge in [0.1, 0.15) is 40.6 Å². The molecule has 0 bridgehead atoms. The molecule has 11 heteroatoms. The smallest absolute Gasteiger partial charge is 0.318 e. The summed E-state index contributed by atoms with van der Waals surface area (Å²) in [5, 5.41) is 10.7. The van der Waals surface area contributed by atoms with Crippen molar-refractivity contribution in [3.63, 3.8) is 0 Å². The van der Waals surface area contributed by atoms with Crippen LogP contribution in [0.1, 0.15) is 43.7 Å². The van der Waals surface area contributed by atoms with Crippen LogP contribution in [0.25, 0.3) is 27.9 Å². The van der Waals surface area contributed by atoms with E-state index in [2.05, 4.69) is 19.9 Å². The van der Waals surface area contributed by atoms with E-state index in [9.17, 15) is 13.9 Å². The van der Waals surface area contributed by atoms with Gasteiger partial charge in [0, 0.05) is 17.7 Å². The van der Waals surface area contributed by atoms with Crippen molar-refractivity contribution in [3.8, 4) is 28.9 Å². The van der Waals surface area contributed by atoms with Crippen molar-refractivity contribution in [2.24, 2.45) is 0 Å². The van der Waals surface area contributed by atoms with E-state index in [0.29, 0.717) is 29.9 Å². The number of aromatic nitrogens is 3. The molecular formula is C26H27F3N4O4. The van der Waals surface area contributed by atoms with Gasteiger partial charge in [-0.1, -0.05) is 12.8 Å². The van der Waals surface area contributed by atoms with Crippen LogP contribution >= 0.6 is 0 Å². The third-order valence-corrected chi connectivity index (χ3v) is 6.77. The predicted octanol–water partition coefficient (Wildman–Crippen LogP) is 5.60. The molecule has 0 amide bonds. The minimum atomic E-state index is -1.30. The summed E-state index contributed by atoms with van der Waals surface area (Å²) in [4.78, 5) is 15.4. The zero-order valence-corrected chi connectivity index (χ0v) is 20.8. The van der Waals surface area contributed by atoms with Gasteiger partial charge >= 0.3 is 6.01 Å². The highest BCUT2D eigenvalue weighted by Gasteiger charge is 2.33. The molecular weight excluding hydrogens is 489 g/mol. The van der Waals surface area contributed by atoms with Gasteiger partial charge in [0.15, 0.2) is 11.6 Å². The van der Waals surface area contributed by atoms with Crippen molar-refractivity contribution in [2.45, 2.75) is 45.6 Å². The molecule has 8 nitrogen and oxygen atoms in total. The number of methoxy groups -OCH3 is 1. The Morgan fingerprint density at radius 2 is 2.03 bits per heavy atom. The number of ether oxygens (including phenoxy) is 3. The first kappa shape index (κ1) is 24.9. The SMILES string of the molecule is COc1nc2c3c(nc(-c4cc(O)cc(C)c4/C(OCF)=C(\C)F)c(F)c3n1)OCC1CCCCCN21. The van der Waals surface area contributed by atoms with Gasteiger partial charge in [-0.3, -0.25) is 0 Å². The van der Waals surface area contributed by atoms with Crippen molar-refractivity contribution in [1.82, 2.24) is 15.0 Å². The molecule has 1 N–H and O–H groups in total. The Morgan fingerprint density at radius 3 is 2.76 bits per heavy atom. The highest BCUT2D eigenvalue weighted by molar-refractivity contribution is 5.98. The lowest BCUT2D eigenvalue weighted by molar-refractivity contribution is 0.157. The fraction of sp³-hybridized carbons (Fsp3) is 0.423. The van der Waals surface area contributed by atoms with E-state index in [1.807, 2.05) is 0 Å². The van der Waals surface area contributed by atoms with E-state index in [0.717, 1.165) is 32.6 Å². The van der Waals surface area contributed by atoms with Crippen LogP contribution in [-0.2, 0) is 4.74 Å². The van der Waals surface area contributed by atoms with Crippen molar-refractivity contribution in [2.75, 3.05) is 32.0 Å². The Kier molecular flexibility index (Phi) is 6.70. The number of aromatic hydroxyl groups is 1. The van der Waals surface area contributed by atoms with E-state index in [4.69, 9.17) is 14.2 Å². The van der Waals surface area contributed by atoms with Gasteiger partial charge in [-0.2, -0.15) is 9.97 Å². The molecule has 2 aromatic heterocycles. The molecule has 1 aromatic carbocycles. The van der Waals surface area contributed by atoms with Crippen molar-refractivity contribution in [1.29, 1.82) is 0 Å². The number of nitrogens with zero attached hydrogens (tertiary/aromatic N) is 4. The number of hydrogen-bond acceptors (Lipinski definition) is 8. The van der Waals surface area contributed by atoms with Crippen LogP contribution in [0.3, 0.4) is 0 Å². The normalized spacial score (nSPS) is 17.9. The summed E-state index contributed by atoms with van der Waals surface area (Å²) in [6.45, 7) is 2.39. The molecule has 1 saturated heterocycles. The molecule has 1 unspecified atom stereocenters. The molecule has 4 heterocycles. The first-order valence-electron chi connectivity index (χ1n) is 12.1. The van der Waals surface area contributed by atoms with Gasteiger partial charge in [0.25, 0.3) is 0 Å². The van der Waals surface area contributed by atoms with Crippen LogP contribution in [0.5, 0.6) is 17.6 Å². The predicted molar refractivity (Wildman–Crippen MR) is 132 cm³/mol. The number of rotatable bonds is 5.